The van der Waals surface area contributed by atoms with Crippen molar-refractivity contribution in [2.75, 3.05) is 13.2 Å². The summed E-state index contributed by atoms with van der Waals surface area (Å²) in [5, 5.41) is 10.7. The molecule has 3 heteroatoms. The highest BCUT2D eigenvalue weighted by molar-refractivity contribution is 5.57. The molecular weight excluding hydrogens is 202 g/mol. The normalized spacial score (nSPS) is 10.6. The van der Waals surface area contributed by atoms with Crippen molar-refractivity contribution in [3.63, 3.8) is 0 Å². The molecule has 0 saturated carbocycles. The van der Waals surface area contributed by atoms with E-state index in [9.17, 15) is 0 Å². The first-order valence-corrected chi connectivity index (χ1v) is 5.47. The molecule has 1 heterocycles. The smallest absolute Gasteiger partial charge is 0.158 e. The topological polar surface area (TPSA) is 50.0 Å². The Hall–Kier alpha value is -1.58. The molecule has 3 N–H and O–H groups in total. The zero-order valence-electron chi connectivity index (χ0n) is 9.10. The Balaban J connectivity index is 2.02. The first-order chi connectivity index (χ1) is 7.90. The predicted octanol–water partition coefficient (Wildman–Crippen LogP) is 1.00. The lowest BCUT2D eigenvalue weighted by atomic mass is 10.2. The molecule has 0 radical (unpaired) electrons. The quantitative estimate of drug-likeness (QED) is 0.736. The zero-order chi connectivity index (χ0) is 11.2. The van der Waals surface area contributed by atoms with E-state index in [-0.39, 0.29) is 6.61 Å². The van der Waals surface area contributed by atoms with Gasteiger partial charge in [0.15, 0.2) is 5.76 Å². The van der Waals surface area contributed by atoms with Crippen molar-refractivity contribution in [1.82, 2.24) is 0 Å². The van der Waals surface area contributed by atoms with Gasteiger partial charge in [-0.1, -0.05) is 30.3 Å². The van der Waals surface area contributed by atoms with Crippen molar-refractivity contribution < 1.29 is 14.8 Å². The van der Waals surface area contributed by atoms with E-state index >= 15 is 0 Å². The van der Waals surface area contributed by atoms with Crippen LogP contribution in [0.4, 0.5) is 0 Å². The second-order valence-corrected chi connectivity index (χ2v) is 3.64. The molecule has 0 aliphatic heterocycles. The van der Waals surface area contributed by atoms with Gasteiger partial charge in [-0.2, -0.15) is 0 Å². The van der Waals surface area contributed by atoms with Crippen LogP contribution in [0.25, 0.3) is 11.3 Å². The Morgan fingerprint density at radius 3 is 2.62 bits per heavy atom. The van der Waals surface area contributed by atoms with Gasteiger partial charge < -0.3 is 14.8 Å². The van der Waals surface area contributed by atoms with Crippen LogP contribution in [0.3, 0.4) is 0 Å². The van der Waals surface area contributed by atoms with E-state index in [1.54, 1.807) is 0 Å². The SMILES string of the molecule is OCC[NH2+]Cc1ccc(-c2ccccc2)o1. The van der Waals surface area contributed by atoms with Gasteiger partial charge in [0.05, 0.1) is 13.2 Å². The molecule has 2 aromatic rings. The summed E-state index contributed by atoms with van der Waals surface area (Å²) in [5.74, 6) is 1.83. The summed E-state index contributed by atoms with van der Waals surface area (Å²) in [6, 6.07) is 14.0. The molecule has 0 aliphatic rings. The summed E-state index contributed by atoms with van der Waals surface area (Å²) in [6.45, 7) is 1.68. The summed E-state index contributed by atoms with van der Waals surface area (Å²) >= 11 is 0. The van der Waals surface area contributed by atoms with Crippen LogP contribution in [0.15, 0.2) is 46.9 Å². The van der Waals surface area contributed by atoms with E-state index in [1.807, 2.05) is 47.8 Å². The summed E-state index contributed by atoms with van der Waals surface area (Å²) in [7, 11) is 0. The molecule has 0 spiro atoms. The molecule has 0 unspecified atom stereocenters. The second-order valence-electron chi connectivity index (χ2n) is 3.64. The van der Waals surface area contributed by atoms with Crippen LogP contribution >= 0.6 is 0 Å². The van der Waals surface area contributed by atoms with Crippen LogP contribution in [0, 0.1) is 0 Å². The maximum absolute atomic E-state index is 8.67. The van der Waals surface area contributed by atoms with Crippen molar-refractivity contribution in [1.29, 1.82) is 0 Å². The van der Waals surface area contributed by atoms with Gasteiger partial charge in [0.25, 0.3) is 0 Å². The Bertz CT molecular complexity index is 423. The van der Waals surface area contributed by atoms with E-state index < -0.39 is 0 Å². The van der Waals surface area contributed by atoms with Gasteiger partial charge in [0.1, 0.15) is 12.3 Å². The van der Waals surface area contributed by atoms with E-state index in [0.717, 1.165) is 23.6 Å². The highest BCUT2D eigenvalue weighted by Gasteiger charge is 2.04. The number of aliphatic hydroxyl groups excluding tert-OH is 1. The molecule has 84 valence electrons. The lowest BCUT2D eigenvalue weighted by Gasteiger charge is -1.97. The van der Waals surface area contributed by atoms with Gasteiger partial charge in [0, 0.05) is 5.56 Å². The highest BCUT2D eigenvalue weighted by atomic mass is 16.3. The molecule has 0 saturated heterocycles. The fraction of sp³-hybridized carbons (Fsp3) is 0.231. The zero-order valence-corrected chi connectivity index (χ0v) is 9.10. The van der Waals surface area contributed by atoms with Gasteiger partial charge >= 0.3 is 0 Å². The number of hydrogen-bond donors (Lipinski definition) is 2. The number of furan rings is 1. The van der Waals surface area contributed by atoms with Crippen LogP contribution in [-0.4, -0.2) is 18.3 Å². The maximum Gasteiger partial charge on any atom is 0.158 e. The van der Waals surface area contributed by atoms with Crippen molar-refractivity contribution in [2.24, 2.45) is 0 Å². The van der Waals surface area contributed by atoms with Crippen LogP contribution in [0.2, 0.25) is 0 Å². The summed E-state index contributed by atoms with van der Waals surface area (Å²) < 4.78 is 5.70. The van der Waals surface area contributed by atoms with Crippen molar-refractivity contribution in [3.05, 3.63) is 48.2 Å². The summed E-state index contributed by atoms with van der Waals surface area (Å²) in [6.07, 6.45) is 0. The molecular formula is C13H16NO2+. The lowest BCUT2D eigenvalue weighted by Crippen LogP contribution is -2.83. The molecule has 2 rings (SSSR count). The lowest BCUT2D eigenvalue weighted by molar-refractivity contribution is -0.673. The molecule has 1 aromatic heterocycles. The highest BCUT2D eigenvalue weighted by Crippen LogP contribution is 2.20. The van der Waals surface area contributed by atoms with Gasteiger partial charge in [-0.25, -0.2) is 0 Å². The molecule has 3 nitrogen and oxygen atoms in total. The van der Waals surface area contributed by atoms with Crippen molar-refractivity contribution in [2.45, 2.75) is 6.54 Å². The van der Waals surface area contributed by atoms with Crippen LogP contribution in [0.5, 0.6) is 0 Å². The molecule has 0 atom stereocenters. The van der Waals surface area contributed by atoms with Crippen LogP contribution < -0.4 is 5.32 Å². The van der Waals surface area contributed by atoms with E-state index in [0.29, 0.717) is 6.54 Å². The number of quaternary nitrogens is 1. The first-order valence-electron chi connectivity index (χ1n) is 5.47. The van der Waals surface area contributed by atoms with E-state index in [4.69, 9.17) is 9.52 Å². The van der Waals surface area contributed by atoms with Crippen LogP contribution in [0.1, 0.15) is 5.76 Å². The second kappa shape index (κ2) is 5.49. The third-order valence-electron chi connectivity index (χ3n) is 2.40. The minimum Gasteiger partial charge on any atom is -0.455 e. The Kier molecular flexibility index (Phi) is 3.75. The molecule has 0 fully saturated rings. The number of hydrogen-bond acceptors (Lipinski definition) is 2. The summed E-state index contributed by atoms with van der Waals surface area (Å²) in [4.78, 5) is 0. The fourth-order valence-electron chi connectivity index (χ4n) is 1.58. The average molecular weight is 218 g/mol. The summed E-state index contributed by atoms with van der Waals surface area (Å²) in [5.41, 5.74) is 1.09. The van der Waals surface area contributed by atoms with Crippen molar-refractivity contribution >= 4 is 0 Å². The maximum atomic E-state index is 8.67. The Morgan fingerprint density at radius 2 is 1.88 bits per heavy atom. The minimum atomic E-state index is 0.201. The Labute approximate surface area is 94.7 Å². The van der Waals surface area contributed by atoms with E-state index in [2.05, 4.69) is 0 Å². The third-order valence-corrected chi connectivity index (χ3v) is 2.40. The van der Waals surface area contributed by atoms with E-state index in [1.165, 1.54) is 0 Å². The predicted molar refractivity (Wildman–Crippen MR) is 61.7 cm³/mol. The van der Waals surface area contributed by atoms with Crippen molar-refractivity contribution in [3.8, 4) is 11.3 Å². The Morgan fingerprint density at radius 1 is 1.06 bits per heavy atom. The average Bonchev–Trinajstić information content (AvgIpc) is 2.79. The standard InChI is InChI=1S/C13H15NO2/c15-9-8-14-10-12-6-7-13(16-12)11-4-2-1-3-5-11/h1-7,14-15H,8-10H2/p+1. The van der Waals surface area contributed by atoms with Gasteiger partial charge in [-0.3, -0.25) is 0 Å². The van der Waals surface area contributed by atoms with Gasteiger partial charge in [-0.15, -0.1) is 0 Å². The van der Waals surface area contributed by atoms with Crippen LogP contribution in [-0.2, 0) is 6.54 Å². The monoisotopic (exact) mass is 218 g/mol. The molecule has 0 amide bonds. The molecule has 0 bridgehead atoms. The largest absolute Gasteiger partial charge is 0.455 e. The van der Waals surface area contributed by atoms with Gasteiger partial charge in [-0.05, 0) is 12.1 Å². The molecule has 1 aromatic carbocycles. The van der Waals surface area contributed by atoms with Gasteiger partial charge in [0.2, 0.25) is 0 Å². The minimum absolute atomic E-state index is 0.201. The third kappa shape index (κ3) is 2.72. The molecule has 16 heavy (non-hydrogen) atoms. The number of benzene rings is 1. The fourth-order valence-corrected chi connectivity index (χ4v) is 1.58. The number of rotatable bonds is 5. The first kappa shape index (κ1) is 10.9. The number of nitrogens with two attached hydrogens (primary N) is 1. The molecule has 0 aliphatic carbocycles. The number of aliphatic hydroxyl groups is 1.